The van der Waals surface area contributed by atoms with Crippen LogP contribution in [0.2, 0.25) is 0 Å². The lowest BCUT2D eigenvalue weighted by Crippen LogP contribution is -2.17. The Hall–Kier alpha value is -0.460. The fourth-order valence-electron chi connectivity index (χ4n) is 1.47. The van der Waals surface area contributed by atoms with Gasteiger partial charge in [0.15, 0.2) is 0 Å². The zero-order valence-electron chi connectivity index (χ0n) is 11.0. The van der Waals surface area contributed by atoms with Gasteiger partial charge < -0.3 is 5.32 Å². The summed E-state index contributed by atoms with van der Waals surface area (Å²) in [5.41, 5.74) is -0.0657. The molecule has 2 heterocycles. The van der Waals surface area contributed by atoms with Gasteiger partial charge in [-0.25, -0.2) is 9.97 Å². The minimum absolute atomic E-state index is 0.0657. The summed E-state index contributed by atoms with van der Waals surface area (Å²) in [7, 11) is 0. The van der Waals surface area contributed by atoms with Crippen LogP contribution >= 0.6 is 43.2 Å². The number of hydrogen-bond donors (Lipinski definition) is 1. The predicted octanol–water partition coefficient (Wildman–Crippen LogP) is 4.97. The van der Waals surface area contributed by atoms with Crippen molar-refractivity contribution in [1.29, 1.82) is 0 Å². The quantitative estimate of drug-likeness (QED) is 0.733. The lowest BCUT2D eigenvalue weighted by molar-refractivity contribution is 0.544. The van der Waals surface area contributed by atoms with Gasteiger partial charge in [-0.1, -0.05) is 20.8 Å². The molecule has 2 aromatic rings. The van der Waals surface area contributed by atoms with Crippen LogP contribution in [0.5, 0.6) is 0 Å². The van der Waals surface area contributed by atoms with Gasteiger partial charge in [0, 0.05) is 20.8 Å². The first-order chi connectivity index (χ1) is 8.86. The molecule has 0 unspecified atom stereocenters. The van der Waals surface area contributed by atoms with Gasteiger partial charge in [-0.3, -0.25) is 0 Å². The molecule has 102 valence electrons. The number of hydrogen-bond acceptors (Lipinski definition) is 4. The van der Waals surface area contributed by atoms with Crippen molar-refractivity contribution in [1.82, 2.24) is 9.97 Å². The van der Waals surface area contributed by atoms with Gasteiger partial charge >= 0.3 is 0 Å². The number of thiophene rings is 1. The van der Waals surface area contributed by atoms with Gasteiger partial charge in [0.05, 0.1) is 6.54 Å². The monoisotopic (exact) mass is 403 g/mol. The van der Waals surface area contributed by atoms with E-state index < -0.39 is 0 Å². The van der Waals surface area contributed by atoms with Crippen LogP contribution in [0.15, 0.2) is 26.6 Å². The summed E-state index contributed by atoms with van der Waals surface area (Å²) in [6.07, 6.45) is 0. The van der Waals surface area contributed by atoms with Crippen LogP contribution < -0.4 is 5.32 Å². The van der Waals surface area contributed by atoms with Crippen LogP contribution in [0.25, 0.3) is 0 Å². The molecule has 0 bridgehead atoms. The molecule has 3 nitrogen and oxygen atoms in total. The molecule has 0 aliphatic rings. The van der Waals surface area contributed by atoms with Gasteiger partial charge in [0.2, 0.25) is 0 Å². The Morgan fingerprint density at radius 1 is 1.26 bits per heavy atom. The van der Waals surface area contributed by atoms with E-state index in [4.69, 9.17) is 0 Å². The Bertz CT molecular complexity index is 576. The molecule has 2 aromatic heterocycles. The lowest BCUT2D eigenvalue weighted by Gasteiger charge is -2.17. The molecule has 19 heavy (non-hydrogen) atoms. The standard InChI is InChI=1S/C13H15Br2N3S/c1-13(2,3)12-17-10(15)6-11(18-12)16-7-9-8(14)4-5-19-9/h4-6H,7H2,1-3H3,(H,16,17,18). The van der Waals surface area contributed by atoms with E-state index in [0.29, 0.717) is 0 Å². The molecular weight excluding hydrogens is 390 g/mol. The van der Waals surface area contributed by atoms with Gasteiger partial charge in [-0.2, -0.15) is 0 Å². The molecule has 2 rings (SSSR count). The number of nitrogens with one attached hydrogen (secondary N) is 1. The van der Waals surface area contributed by atoms with Gasteiger partial charge in [-0.05, 0) is 43.3 Å². The highest BCUT2D eigenvalue weighted by atomic mass is 79.9. The average molecular weight is 405 g/mol. The molecule has 0 aliphatic heterocycles. The summed E-state index contributed by atoms with van der Waals surface area (Å²) in [6.45, 7) is 7.07. The third kappa shape index (κ3) is 4.00. The minimum atomic E-state index is -0.0657. The summed E-state index contributed by atoms with van der Waals surface area (Å²) in [5.74, 6) is 1.67. The van der Waals surface area contributed by atoms with E-state index in [1.807, 2.05) is 6.07 Å². The highest BCUT2D eigenvalue weighted by molar-refractivity contribution is 9.10. The molecule has 0 radical (unpaired) electrons. The van der Waals surface area contributed by atoms with Crippen LogP contribution in [-0.2, 0) is 12.0 Å². The fraction of sp³-hybridized carbons (Fsp3) is 0.385. The Morgan fingerprint density at radius 3 is 2.58 bits per heavy atom. The predicted molar refractivity (Wildman–Crippen MR) is 87.8 cm³/mol. The van der Waals surface area contributed by atoms with Crippen LogP contribution in [0.3, 0.4) is 0 Å². The zero-order chi connectivity index (χ0) is 14.0. The Labute approximate surface area is 134 Å². The van der Waals surface area contributed by atoms with Crippen molar-refractivity contribution in [2.45, 2.75) is 32.7 Å². The highest BCUT2D eigenvalue weighted by Crippen LogP contribution is 2.25. The topological polar surface area (TPSA) is 37.8 Å². The summed E-state index contributed by atoms with van der Waals surface area (Å²) in [6, 6.07) is 3.95. The summed E-state index contributed by atoms with van der Waals surface area (Å²) < 4.78 is 1.94. The van der Waals surface area contributed by atoms with E-state index in [1.54, 1.807) is 11.3 Å². The van der Waals surface area contributed by atoms with Crippen LogP contribution in [-0.4, -0.2) is 9.97 Å². The van der Waals surface area contributed by atoms with Crippen LogP contribution in [0, 0.1) is 0 Å². The molecule has 1 N–H and O–H groups in total. The van der Waals surface area contributed by atoms with Crippen molar-refractivity contribution >= 4 is 49.0 Å². The Balaban J connectivity index is 2.17. The lowest BCUT2D eigenvalue weighted by atomic mass is 9.96. The van der Waals surface area contributed by atoms with Crippen LogP contribution in [0.1, 0.15) is 31.5 Å². The van der Waals surface area contributed by atoms with Gasteiger partial charge in [0.1, 0.15) is 16.2 Å². The molecule has 0 fully saturated rings. The maximum absolute atomic E-state index is 4.57. The first-order valence-corrected chi connectivity index (χ1v) is 8.33. The maximum atomic E-state index is 4.57. The molecule has 6 heteroatoms. The first-order valence-electron chi connectivity index (χ1n) is 5.87. The summed E-state index contributed by atoms with van der Waals surface area (Å²) >= 11 is 8.69. The van der Waals surface area contributed by atoms with Crippen molar-refractivity contribution in [2.24, 2.45) is 0 Å². The third-order valence-corrected chi connectivity index (χ3v) is 4.82. The molecule has 0 saturated heterocycles. The second-order valence-electron chi connectivity index (χ2n) is 5.19. The second-order valence-corrected chi connectivity index (χ2v) is 7.86. The van der Waals surface area contributed by atoms with Crippen LogP contribution in [0.4, 0.5) is 5.82 Å². The second kappa shape index (κ2) is 5.89. The van der Waals surface area contributed by atoms with Crippen molar-refractivity contribution in [3.05, 3.63) is 37.3 Å². The SMILES string of the molecule is CC(C)(C)c1nc(Br)cc(NCc2sccc2Br)n1. The van der Waals surface area contributed by atoms with Gasteiger partial charge in [0.25, 0.3) is 0 Å². The van der Waals surface area contributed by atoms with Crippen molar-refractivity contribution in [3.63, 3.8) is 0 Å². The molecule has 0 saturated carbocycles. The summed E-state index contributed by atoms with van der Waals surface area (Å²) in [5, 5.41) is 5.41. The van der Waals surface area contributed by atoms with E-state index in [-0.39, 0.29) is 5.41 Å². The molecular formula is C13H15Br2N3S. The molecule has 0 aromatic carbocycles. The Kier molecular flexibility index (Phi) is 4.63. The normalized spacial score (nSPS) is 11.6. The fourth-order valence-corrected chi connectivity index (χ4v) is 3.28. The van der Waals surface area contributed by atoms with Crippen molar-refractivity contribution in [2.75, 3.05) is 5.32 Å². The van der Waals surface area contributed by atoms with Gasteiger partial charge in [-0.15, -0.1) is 11.3 Å². The number of anilines is 1. The largest absolute Gasteiger partial charge is 0.365 e. The number of rotatable bonds is 3. The molecule has 0 atom stereocenters. The van der Waals surface area contributed by atoms with E-state index >= 15 is 0 Å². The molecule has 0 spiro atoms. The third-order valence-electron chi connectivity index (χ3n) is 2.49. The van der Waals surface area contributed by atoms with Crippen molar-refractivity contribution in [3.8, 4) is 0 Å². The zero-order valence-corrected chi connectivity index (χ0v) is 15.0. The smallest absolute Gasteiger partial charge is 0.137 e. The first kappa shape index (κ1) is 14.9. The number of nitrogens with zero attached hydrogens (tertiary/aromatic N) is 2. The molecule has 0 amide bonds. The van der Waals surface area contributed by atoms with E-state index in [9.17, 15) is 0 Å². The van der Waals surface area contributed by atoms with E-state index in [2.05, 4.69) is 79.4 Å². The molecule has 0 aliphatic carbocycles. The average Bonchev–Trinajstić information content (AvgIpc) is 2.70. The Morgan fingerprint density at radius 2 is 2.00 bits per heavy atom. The minimum Gasteiger partial charge on any atom is -0.365 e. The van der Waals surface area contributed by atoms with E-state index in [1.165, 1.54) is 4.88 Å². The highest BCUT2D eigenvalue weighted by Gasteiger charge is 2.18. The van der Waals surface area contributed by atoms with E-state index in [0.717, 1.165) is 27.3 Å². The van der Waals surface area contributed by atoms with Crippen molar-refractivity contribution < 1.29 is 0 Å². The summed E-state index contributed by atoms with van der Waals surface area (Å²) in [4.78, 5) is 10.3. The number of aromatic nitrogens is 2. The number of halogens is 2. The maximum Gasteiger partial charge on any atom is 0.137 e.